The van der Waals surface area contributed by atoms with Crippen molar-refractivity contribution in [3.63, 3.8) is 0 Å². The van der Waals surface area contributed by atoms with Crippen LogP contribution in [0.4, 0.5) is 0 Å². The second kappa shape index (κ2) is 6.86. The molecule has 0 aliphatic carbocycles. The lowest BCUT2D eigenvalue weighted by Gasteiger charge is -2.16. The molecule has 1 rings (SSSR count). The minimum absolute atomic E-state index is 0.151. The topological polar surface area (TPSA) is 73.6 Å². The highest BCUT2D eigenvalue weighted by Gasteiger charge is 2.16. The molecule has 0 saturated heterocycles. The van der Waals surface area contributed by atoms with Gasteiger partial charge in [0.15, 0.2) is 17.6 Å². The standard InChI is InChI=1S/C13H20N2O3/c1-4-15-13(16)9(2)18-11-6-5-10(8-14)7-12(11)17-3/h5-7,9H,4,8,14H2,1-3H3,(H,15,16). The molecule has 18 heavy (non-hydrogen) atoms. The van der Waals surface area contributed by atoms with Gasteiger partial charge in [-0.1, -0.05) is 6.07 Å². The molecule has 0 heterocycles. The van der Waals surface area contributed by atoms with Crippen LogP contribution in [0.3, 0.4) is 0 Å². The van der Waals surface area contributed by atoms with Crippen LogP contribution in [0.25, 0.3) is 0 Å². The lowest BCUT2D eigenvalue weighted by molar-refractivity contribution is -0.127. The van der Waals surface area contributed by atoms with Crippen molar-refractivity contribution in [3.05, 3.63) is 23.8 Å². The number of hydrogen-bond donors (Lipinski definition) is 2. The molecule has 0 bridgehead atoms. The number of nitrogens with two attached hydrogens (primary N) is 1. The first-order chi connectivity index (χ1) is 8.62. The summed E-state index contributed by atoms with van der Waals surface area (Å²) in [5.41, 5.74) is 6.50. The van der Waals surface area contributed by atoms with Crippen LogP contribution < -0.4 is 20.5 Å². The van der Waals surface area contributed by atoms with E-state index in [9.17, 15) is 4.79 Å². The Kier molecular flexibility index (Phi) is 5.45. The average molecular weight is 252 g/mol. The maximum absolute atomic E-state index is 11.6. The van der Waals surface area contributed by atoms with E-state index in [-0.39, 0.29) is 5.91 Å². The van der Waals surface area contributed by atoms with Crippen molar-refractivity contribution in [1.29, 1.82) is 0 Å². The fourth-order valence-corrected chi connectivity index (χ4v) is 1.50. The van der Waals surface area contributed by atoms with Gasteiger partial charge in [0.05, 0.1) is 7.11 Å². The zero-order valence-corrected chi connectivity index (χ0v) is 11.0. The number of likely N-dealkylation sites (N-methyl/N-ethyl adjacent to an activating group) is 1. The highest BCUT2D eigenvalue weighted by atomic mass is 16.5. The molecule has 5 heteroatoms. The maximum Gasteiger partial charge on any atom is 0.260 e. The third kappa shape index (κ3) is 3.63. The Morgan fingerprint density at radius 2 is 2.17 bits per heavy atom. The normalized spacial score (nSPS) is 11.8. The van der Waals surface area contributed by atoms with Crippen LogP contribution in [0.1, 0.15) is 19.4 Å². The van der Waals surface area contributed by atoms with Crippen molar-refractivity contribution < 1.29 is 14.3 Å². The van der Waals surface area contributed by atoms with Crippen LogP contribution in [0.5, 0.6) is 11.5 Å². The number of hydrogen-bond acceptors (Lipinski definition) is 4. The Morgan fingerprint density at radius 3 is 2.72 bits per heavy atom. The molecule has 1 aromatic carbocycles. The third-order valence-corrected chi connectivity index (χ3v) is 2.49. The first kappa shape index (κ1) is 14.3. The van der Waals surface area contributed by atoms with E-state index in [1.165, 1.54) is 0 Å². The molecule has 0 spiro atoms. The molecule has 3 N–H and O–H groups in total. The van der Waals surface area contributed by atoms with E-state index in [0.29, 0.717) is 24.6 Å². The lowest BCUT2D eigenvalue weighted by atomic mass is 10.2. The minimum atomic E-state index is -0.567. The van der Waals surface area contributed by atoms with E-state index >= 15 is 0 Å². The van der Waals surface area contributed by atoms with E-state index in [1.54, 1.807) is 26.2 Å². The van der Waals surface area contributed by atoms with Crippen LogP contribution in [-0.2, 0) is 11.3 Å². The Morgan fingerprint density at radius 1 is 1.44 bits per heavy atom. The summed E-state index contributed by atoms with van der Waals surface area (Å²) in [6, 6.07) is 5.42. The Balaban J connectivity index is 2.80. The largest absolute Gasteiger partial charge is 0.493 e. The monoisotopic (exact) mass is 252 g/mol. The van der Waals surface area contributed by atoms with E-state index in [0.717, 1.165) is 5.56 Å². The van der Waals surface area contributed by atoms with Crippen LogP contribution in [0.2, 0.25) is 0 Å². The third-order valence-electron chi connectivity index (χ3n) is 2.49. The van der Waals surface area contributed by atoms with Crippen molar-refractivity contribution >= 4 is 5.91 Å². The van der Waals surface area contributed by atoms with Crippen molar-refractivity contribution in [2.45, 2.75) is 26.5 Å². The van der Waals surface area contributed by atoms with E-state index in [4.69, 9.17) is 15.2 Å². The molecule has 1 unspecified atom stereocenters. The molecule has 0 fully saturated rings. The summed E-state index contributed by atoms with van der Waals surface area (Å²) < 4.78 is 10.8. The summed E-state index contributed by atoms with van der Waals surface area (Å²) in [6.07, 6.45) is -0.567. The van der Waals surface area contributed by atoms with Gasteiger partial charge in [-0.3, -0.25) is 4.79 Å². The Hall–Kier alpha value is -1.75. The van der Waals surface area contributed by atoms with Gasteiger partial charge in [-0.2, -0.15) is 0 Å². The van der Waals surface area contributed by atoms with E-state index in [2.05, 4.69) is 5.32 Å². The van der Waals surface area contributed by atoms with Crippen molar-refractivity contribution in [2.24, 2.45) is 5.73 Å². The quantitative estimate of drug-likeness (QED) is 0.794. The summed E-state index contributed by atoms with van der Waals surface area (Å²) in [5, 5.41) is 2.70. The zero-order chi connectivity index (χ0) is 13.5. The summed E-state index contributed by atoms with van der Waals surface area (Å²) in [4.78, 5) is 11.6. The predicted octanol–water partition coefficient (Wildman–Crippen LogP) is 1.06. The predicted molar refractivity (Wildman–Crippen MR) is 69.7 cm³/mol. The molecule has 5 nitrogen and oxygen atoms in total. The maximum atomic E-state index is 11.6. The first-order valence-corrected chi connectivity index (χ1v) is 5.93. The van der Waals surface area contributed by atoms with Gasteiger partial charge in [-0.05, 0) is 31.5 Å². The number of amides is 1. The molecule has 0 radical (unpaired) electrons. The second-order valence-corrected chi connectivity index (χ2v) is 3.84. The van der Waals surface area contributed by atoms with Gasteiger partial charge in [-0.25, -0.2) is 0 Å². The summed E-state index contributed by atoms with van der Waals surface area (Å²) in [5.74, 6) is 0.963. The van der Waals surface area contributed by atoms with Gasteiger partial charge in [0, 0.05) is 13.1 Å². The van der Waals surface area contributed by atoms with Crippen molar-refractivity contribution in [2.75, 3.05) is 13.7 Å². The second-order valence-electron chi connectivity index (χ2n) is 3.84. The Bertz CT molecular complexity index is 407. The number of nitrogens with one attached hydrogen (secondary N) is 1. The van der Waals surface area contributed by atoms with Gasteiger partial charge in [-0.15, -0.1) is 0 Å². The van der Waals surface area contributed by atoms with Gasteiger partial charge in [0.1, 0.15) is 0 Å². The van der Waals surface area contributed by atoms with E-state index in [1.807, 2.05) is 13.0 Å². The summed E-state index contributed by atoms with van der Waals surface area (Å²) >= 11 is 0. The molecule has 0 aliphatic rings. The highest BCUT2D eigenvalue weighted by molar-refractivity contribution is 5.80. The molecular formula is C13H20N2O3. The number of rotatable bonds is 6. The molecule has 0 aromatic heterocycles. The van der Waals surface area contributed by atoms with Crippen molar-refractivity contribution in [3.8, 4) is 11.5 Å². The number of carbonyl (C=O) groups is 1. The lowest BCUT2D eigenvalue weighted by Crippen LogP contribution is -2.36. The van der Waals surface area contributed by atoms with Crippen LogP contribution in [0.15, 0.2) is 18.2 Å². The smallest absolute Gasteiger partial charge is 0.260 e. The Labute approximate surface area is 107 Å². The van der Waals surface area contributed by atoms with Crippen LogP contribution in [0, 0.1) is 0 Å². The molecule has 0 aliphatic heterocycles. The van der Waals surface area contributed by atoms with Crippen LogP contribution >= 0.6 is 0 Å². The van der Waals surface area contributed by atoms with Gasteiger partial charge < -0.3 is 20.5 Å². The fourth-order valence-electron chi connectivity index (χ4n) is 1.50. The van der Waals surface area contributed by atoms with Crippen molar-refractivity contribution in [1.82, 2.24) is 5.32 Å². The number of ether oxygens (including phenoxy) is 2. The van der Waals surface area contributed by atoms with Gasteiger partial charge in [0.25, 0.3) is 5.91 Å². The van der Waals surface area contributed by atoms with Gasteiger partial charge in [0.2, 0.25) is 0 Å². The van der Waals surface area contributed by atoms with Crippen LogP contribution in [-0.4, -0.2) is 25.7 Å². The SMILES string of the molecule is CCNC(=O)C(C)Oc1ccc(CN)cc1OC. The molecule has 100 valence electrons. The van der Waals surface area contributed by atoms with Gasteiger partial charge >= 0.3 is 0 Å². The number of carbonyl (C=O) groups excluding carboxylic acids is 1. The highest BCUT2D eigenvalue weighted by Crippen LogP contribution is 2.28. The average Bonchev–Trinajstić information content (AvgIpc) is 2.39. The molecular weight excluding hydrogens is 232 g/mol. The molecule has 1 amide bonds. The fraction of sp³-hybridized carbons (Fsp3) is 0.462. The summed E-state index contributed by atoms with van der Waals surface area (Å²) in [7, 11) is 1.55. The first-order valence-electron chi connectivity index (χ1n) is 5.93. The number of methoxy groups -OCH3 is 1. The zero-order valence-electron chi connectivity index (χ0n) is 11.0. The molecule has 1 atom stereocenters. The molecule has 1 aromatic rings. The summed E-state index contributed by atoms with van der Waals surface area (Å²) in [6.45, 7) is 4.57. The molecule has 0 saturated carbocycles. The van der Waals surface area contributed by atoms with E-state index < -0.39 is 6.10 Å². The number of benzene rings is 1. The minimum Gasteiger partial charge on any atom is -0.493 e.